The molecule has 2 aliphatic heterocycles. The van der Waals surface area contributed by atoms with Crippen molar-refractivity contribution in [2.45, 2.75) is 38.3 Å². The van der Waals surface area contributed by atoms with Crippen LogP contribution in [-0.4, -0.2) is 56.4 Å². The van der Waals surface area contributed by atoms with Crippen LogP contribution in [0.5, 0.6) is 0 Å². The molecule has 38 heavy (non-hydrogen) atoms. The lowest BCUT2D eigenvalue weighted by Gasteiger charge is -2.38. The number of hydrogen-bond donors (Lipinski definition) is 0. The van der Waals surface area contributed by atoms with Crippen LogP contribution in [0.15, 0.2) is 58.3 Å². The van der Waals surface area contributed by atoms with Crippen LogP contribution in [0.3, 0.4) is 0 Å². The zero-order valence-corrected chi connectivity index (χ0v) is 22.5. The summed E-state index contributed by atoms with van der Waals surface area (Å²) < 4.78 is 2.22. The van der Waals surface area contributed by atoms with Crippen LogP contribution in [-0.2, 0) is 36.0 Å². The molecule has 0 N–H and O–H groups in total. The summed E-state index contributed by atoms with van der Waals surface area (Å²) in [6, 6.07) is 12.9. The predicted molar refractivity (Wildman–Crippen MR) is 147 cm³/mol. The Morgan fingerprint density at radius 2 is 1.61 bits per heavy atom. The van der Waals surface area contributed by atoms with Gasteiger partial charge in [0.25, 0.3) is 5.56 Å². The van der Waals surface area contributed by atoms with Crippen LogP contribution in [0.2, 0.25) is 10.0 Å². The fourth-order valence-corrected chi connectivity index (χ4v) is 5.94. The first-order valence-electron chi connectivity index (χ1n) is 12.6. The summed E-state index contributed by atoms with van der Waals surface area (Å²) in [5.41, 5.74) is 1.93. The van der Waals surface area contributed by atoms with E-state index in [2.05, 4.69) is 6.07 Å². The molecule has 0 aliphatic carbocycles. The minimum atomic E-state index is -0.579. The second-order valence-corrected chi connectivity index (χ2v) is 10.7. The van der Waals surface area contributed by atoms with Crippen LogP contribution >= 0.6 is 23.2 Å². The molecule has 0 spiro atoms. The summed E-state index contributed by atoms with van der Waals surface area (Å²) in [6.45, 7) is 1.48. The number of hydrogen-bond acceptors (Lipinski definition) is 4. The van der Waals surface area contributed by atoms with Gasteiger partial charge in [0.15, 0.2) is 0 Å². The molecule has 0 saturated carbocycles. The first-order chi connectivity index (χ1) is 18.2. The number of benzene rings is 2. The molecule has 0 bridgehead atoms. The molecule has 3 aromatic rings. The first-order valence-corrected chi connectivity index (χ1v) is 13.4. The van der Waals surface area contributed by atoms with Crippen LogP contribution in [0.25, 0.3) is 11.1 Å². The number of carbonyl (C=O) groups is 2. The van der Waals surface area contributed by atoms with Gasteiger partial charge in [-0.25, -0.2) is 4.79 Å². The molecule has 1 aromatic heterocycles. The summed E-state index contributed by atoms with van der Waals surface area (Å²) in [7, 11) is 1.38. The zero-order valence-electron chi connectivity index (χ0n) is 21.0. The molecule has 5 rings (SSSR count). The van der Waals surface area contributed by atoms with Crippen molar-refractivity contribution >= 4 is 35.0 Å². The molecule has 0 unspecified atom stereocenters. The number of piperidine rings is 1. The average Bonchev–Trinajstić information content (AvgIpc) is 3.06. The standard InChI is InChI=1S/C28H28Cl2N4O4/c1-31-27(37)24(20-12-21(29)15-22(30)13-20)16-33(28(31)38)17-26(36)32-9-7-23(8-10-32)34-11-6-18-4-2-3-5-19(18)14-25(34)35/h2-5,12-13,15-16,23H,6-11,14,17H2,1H3. The van der Waals surface area contributed by atoms with Gasteiger partial charge in [0.05, 0.1) is 12.0 Å². The van der Waals surface area contributed by atoms with Gasteiger partial charge in [-0.15, -0.1) is 0 Å². The molecule has 2 aliphatic rings. The number of likely N-dealkylation sites (tertiary alicyclic amines) is 1. The number of rotatable bonds is 4. The van der Waals surface area contributed by atoms with E-state index in [0.717, 1.165) is 16.6 Å². The van der Waals surface area contributed by atoms with Crippen molar-refractivity contribution in [2.24, 2.45) is 7.05 Å². The number of carbonyl (C=O) groups excluding carboxylic acids is 2. The summed E-state index contributed by atoms with van der Waals surface area (Å²) >= 11 is 12.2. The predicted octanol–water partition coefficient (Wildman–Crippen LogP) is 3.14. The molecule has 0 atom stereocenters. The number of fused-ring (bicyclic) bond motifs is 1. The summed E-state index contributed by atoms with van der Waals surface area (Å²) in [6.07, 6.45) is 4.00. The fraction of sp³-hybridized carbons (Fsp3) is 0.357. The van der Waals surface area contributed by atoms with Crippen LogP contribution in [0.4, 0.5) is 0 Å². The Bertz CT molecular complexity index is 1500. The summed E-state index contributed by atoms with van der Waals surface area (Å²) in [4.78, 5) is 55.5. The maximum Gasteiger partial charge on any atom is 0.331 e. The van der Waals surface area contributed by atoms with E-state index in [1.807, 2.05) is 23.1 Å². The van der Waals surface area contributed by atoms with Crippen molar-refractivity contribution in [3.63, 3.8) is 0 Å². The first kappa shape index (κ1) is 26.3. The zero-order chi connectivity index (χ0) is 27.0. The smallest absolute Gasteiger partial charge is 0.331 e. The minimum absolute atomic E-state index is 0.0836. The van der Waals surface area contributed by atoms with Crippen molar-refractivity contribution < 1.29 is 9.59 Å². The molecular weight excluding hydrogens is 527 g/mol. The fourth-order valence-electron chi connectivity index (χ4n) is 5.41. The van der Waals surface area contributed by atoms with Gasteiger partial charge in [-0.1, -0.05) is 47.5 Å². The van der Waals surface area contributed by atoms with Gasteiger partial charge in [-0.05, 0) is 54.2 Å². The second kappa shape index (κ2) is 10.8. The van der Waals surface area contributed by atoms with Gasteiger partial charge in [-0.3, -0.25) is 23.5 Å². The summed E-state index contributed by atoms with van der Waals surface area (Å²) in [5.74, 6) is -0.0843. The molecule has 0 radical (unpaired) electrons. The number of halogens is 2. The van der Waals surface area contributed by atoms with Gasteiger partial charge in [0.1, 0.15) is 6.54 Å². The van der Waals surface area contributed by atoms with Gasteiger partial charge in [0, 0.05) is 49.0 Å². The minimum Gasteiger partial charge on any atom is -0.341 e. The van der Waals surface area contributed by atoms with E-state index in [0.29, 0.717) is 54.5 Å². The molecule has 2 amide bonds. The van der Waals surface area contributed by atoms with Crippen LogP contribution < -0.4 is 11.2 Å². The van der Waals surface area contributed by atoms with Crippen LogP contribution in [0.1, 0.15) is 24.0 Å². The maximum absolute atomic E-state index is 13.2. The highest BCUT2D eigenvalue weighted by atomic mass is 35.5. The number of amides is 2. The van der Waals surface area contributed by atoms with Crippen molar-refractivity contribution in [2.75, 3.05) is 19.6 Å². The van der Waals surface area contributed by atoms with Gasteiger partial charge in [-0.2, -0.15) is 0 Å². The van der Waals surface area contributed by atoms with E-state index >= 15 is 0 Å². The third-order valence-corrected chi connectivity index (χ3v) is 7.93. The highest BCUT2D eigenvalue weighted by Crippen LogP contribution is 2.26. The largest absolute Gasteiger partial charge is 0.341 e. The Balaban J connectivity index is 1.27. The topological polar surface area (TPSA) is 84.6 Å². The normalized spacial score (nSPS) is 16.3. The Morgan fingerprint density at radius 1 is 0.947 bits per heavy atom. The highest BCUT2D eigenvalue weighted by Gasteiger charge is 2.31. The van der Waals surface area contributed by atoms with E-state index in [9.17, 15) is 19.2 Å². The molecule has 1 fully saturated rings. The Kier molecular flexibility index (Phi) is 7.45. The quantitative estimate of drug-likeness (QED) is 0.496. The van der Waals surface area contributed by atoms with E-state index in [1.54, 1.807) is 23.1 Å². The van der Waals surface area contributed by atoms with Crippen molar-refractivity contribution in [1.82, 2.24) is 18.9 Å². The van der Waals surface area contributed by atoms with Crippen molar-refractivity contribution in [3.05, 3.63) is 90.7 Å². The van der Waals surface area contributed by atoms with E-state index in [1.165, 1.54) is 23.4 Å². The monoisotopic (exact) mass is 554 g/mol. The Morgan fingerprint density at radius 3 is 2.29 bits per heavy atom. The average molecular weight is 555 g/mol. The molecular formula is C28H28Cl2N4O4. The lowest BCUT2D eigenvalue weighted by Crippen LogP contribution is -2.50. The molecule has 198 valence electrons. The maximum atomic E-state index is 13.2. The van der Waals surface area contributed by atoms with Gasteiger partial charge < -0.3 is 9.80 Å². The molecule has 2 aromatic carbocycles. The lowest BCUT2D eigenvalue weighted by atomic mass is 10.0. The van der Waals surface area contributed by atoms with Crippen LogP contribution in [0, 0.1) is 0 Å². The molecule has 3 heterocycles. The van der Waals surface area contributed by atoms with Crippen molar-refractivity contribution in [1.29, 1.82) is 0 Å². The van der Waals surface area contributed by atoms with E-state index < -0.39 is 11.2 Å². The van der Waals surface area contributed by atoms with Gasteiger partial charge >= 0.3 is 5.69 Å². The molecule has 10 heteroatoms. The van der Waals surface area contributed by atoms with E-state index in [4.69, 9.17) is 23.2 Å². The highest BCUT2D eigenvalue weighted by molar-refractivity contribution is 6.35. The Hall–Kier alpha value is -3.36. The third kappa shape index (κ3) is 5.28. The molecule has 8 nitrogen and oxygen atoms in total. The SMILES string of the molecule is Cn1c(=O)c(-c2cc(Cl)cc(Cl)c2)cn(CC(=O)N2CCC(N3CCc4ccccc4CC3=O)CC2)c1=O. The summed E-state index contributed by atoms with van der Waals surface area (Å²) in [5, 5.41) is 0.719. The number of nitrogens with zero attached hydrogens (tertiary/aromatic N) is 4. The lowest BCUT2D eigenvalue weighted by molar-refractivity contribution is -0.136. The van der Waals surface area contributed by atoms with E-state index in [-0.39, 0.29) is 30.0 Å². The second-order valence-electron chi connectivity index (χ2n) is 9.87. The third-order valence-electron chi connectivity index (χ3n) is 7.49. The number of aromatic nitrogens is 2. The van der Waals surface area contributed by atoms with Gasteiger partial charge in [0.2, 0.25) is 11.8 Å². The molecule has 1 saturated heterocycles. The van der Waals surface area contributed by atoms with Crippen molar-refractivity contribution in [3.8, 4) is 11.1 Å². The Labute approximate surface area is 230 Å².